The third kappa shape index (κ3) is 7.26. The summed E-state index contributed by atoms with van der Waals surface area (Å²) in [6.45, 7) is 10.1. The van der Waals surface area contributed by atoms with Gasteiger partial charge in [-0.1, -0.05) is 43.7 Å². The van der Waals surface area contributed by atoms with Crippen LogP contribution in [0.2, 0.25) is 0 Å². The first-order chi connectivity index (χ1) is 14.7. The van der Waals surface area contributed by atoms with Crippen LogP contribution in [0.25, 0.3) is 0 Å². The molecule has 8 heteroatoms. The molecule has 0 saturated heterocycles. The molecule has 1 N–H and O–H groups in total. The van der Waals surface area contributed by atoms with Crippen LogP contribution in [0.5, 0.6) is 5.75 Å². The van der Waals surface area contributed by atoms with Crippen molar-refractivity contribution in [3.8, 4) is 5.75 Å². The second-order valence-corrected chi connectivity index (χ2v) is 10.4. The first-order valence-corrected chi connectivity index (χ1v) is 13.0. The number of nitrogens with zero attached hydrogens (tertiary/aromatic N) is 1. The van der Waals surface area contributed by atoms with E-state index < -0.39 is 10.0 Å². The number of carbonyl (C=O) groups is 1. The average molecular weight is 465 g/mol. The van der Waals surface area contributed by atoms with Crippen molar-refractivity contribution < 1.29 is 17.9 Å². The van der Waals surface area contributed by atoms with Crippen LogP contribution in [-0.4, -0.2) is 43.6 Å². The Kier molecular flexibility index (Phi) is 9.40. The number of nitrogens with one attached hydrogen (secondary N) is 1. The maximum Gasteiger partial charge on any atom is 0.243 e. The lowest BCUT2D eigenvalue weighted by atomic mass is 10.2. The van der Waals surface area contributed by atoms with E-state index in [2.05, 4.69) is 17.4 Å². The van der Waals surface area contributed by atoms with E-state index in [4.69, 9.17) is 4.74 Å². The quantitative estimate of drug-likeness (QED) is 0.522. The van der Waals surface area contributed by atoms with Gasteiger partial charge in [0.05, 0.1) is 22.4 Å². The van der Waals surface area contributed by atoms with Gasteiger partial charge in [-0.2, -0.15) is 4.31 Å². The normalized spacial score (nSPS) is 11.7. The summed E-state index contributed by atoms with van der Waals surface area (Å²) in [5, 5.41) is 2.83. The summed E-state index contributed by atoms with van der Waals surface area (Å²) in [7, 11) is -3.64. The molecule has 0 atom stereocenters. The third-order valence-corrected chi connectivity index (χ3v) is 7.60. The highest BCUT2D eigenvalue weighted by molar-refractivity contribution is 7.99. The van der Waals surface area contributed by atoms with Gasteiger partial charge in [0.25, 0.3) is 0 Å². The fraction of sp³-hybridized carbons (Fsp3) is 0.435. The maximum atomic E-state index is 12.9. The Balaban J connectivity index is 2.15. The first kappa shape index (κ1) is 25.2. The van der Waals surface area contributed by atoms with E-state index in [9.17, 15) is 13.2 Å². The Hall–Kier alpha value is -2.03. The molecule has 2 aromatic rings. The minimum atomic E-state index is -3.64. The van der Waals surface area contributed by atoms with Gasteiger partial charge in [-0.25, -0.2) is 8.42 Å². The van der Waals surface area contributed by atoms with Crippen LogP contribution in [0.4, 0.5) is 5.69 Å². The van der Waals surface area contributed by atoms with Crippen molar-refractivity contribution in [2.45, 2.75) is 51.4 Å². The summed E-state index contributed by atoms with van der Waals surface area (Å²) >= 11 is 1.50. The van der Waals surface area contributed by atoms with Crippen molar-refractivity contribution in [3.05, 3.63) is 53.6 Å². The highest BCUT2D eigenvalue weighted by atomic mass is 32.2. The summed E-state index contributed by atoms with van der Waals surface area (Å²) in [6.07, 6.45) is -0.114. The number of carbonyl (C=O) groups excluding carboxylic acids is 1. The molecule has 170 valence electrons. The zero-order valence-corrected chi connectivity index (χ0v) is 20.5. The highest BCUT2D eigenvalue weighted by Crippen LogP contribution is 2.30. The molecule has 0 radical (unpaired) electrons. The molecular weight excluding hydrogens is 432 g/mol. The number of benzene rings is 2. The van der Waals surface area contributed by atoms with Gasteiger partial charge in [-0.05, 0) is 44.5 Å². The largest absolute Gasteiger partial charge is 0.489 e. The van der Waals surface area contributed by atoms with Crippen LogP contribution in [-0.2, 0) is 20.6 Å². The summed E-state index contributed by atoms with van der Waals surface area (Å²) in [5.74, 6) is 1.22. The Morgan fingerprint density at radius 2 is 1.74 bits per heavy atom. The smallest absolute Gasteiger partial charge is 0.243 e. The molecule has 1 amide bonds. The minimum Gasteiger partial charge on any atom is -0.489 e. The molecular formula is C23H32N2O4S2. The van der Waals surface area contributed by atoms with Gasteiger partial charge in [0, 0.05) is 18.8 Å². The van der Waals surface area contributed by atoms with Crippen molar-refractivity contribution in [3.63, 3.8) is 0 Å². The number of sulfonamides is 1. The van der Waals surface area contributed by atoms with Crippen molar-refractivity contribution in [1.82, 2.24) is 4.31 Å². The van der Waals surface area contributed by atoms with Crippen LogP contribution >= 0.6 is 11.8 Å². The molecule has 2 rings (SSSR count). The van der Waals surface area contributed by atoms with E-state index in [1.165, 1.54) is 33.8 Å². The number of hydrogen-bond acceptors (Lipinski definition) is 5. The van der Waals surface area contributed by atoms with Crippen LogP contribution in [0, 0.1) is 6.92 Å². The van der Waals surface area contributed by atoms with Gasteiger partial charge in [-0.3, -0.25) is 4.79 Å². The first-order valence-electron chi connectivity index (χ1n) is 10.4. The van der Waals surface area contributed by atoms with E-state index in [-0.39, 0.29) is 22.7 Å². The summed E-state index contributed by atoms with van der Waals surface area (Å²) in [6, 6.07) is 12.8. The Bertz CT molecular complexity index is 970. The van der Waals surface area contributed by atoms with Crippen LogP contribution < -0.4 is 10.1 Å². The molecule has 0 saturated carbocycles. The van der Waals surface area contributed by atoms with Gasteiger partial charge in [0.1, 0.15) is 5.75 Å². The van der Waals surface area contributed by atoms with Crippen molar-refractivity contribution in [1.29, 1.82) is 0 Å². The highest BCUT2D eigenvalue weighted by Gasteiger charge is 2.23. The van der Waals surface area contributed by atoms with Gasteiger partial charge in [0.2, 0.25) is 15.9 Å². The molecule has 31 heavy (non-hydrogen) atoms. The SMILES string of the molecule is CCN(CC)S(=O)(=O)c1ccc(OC(C)C)c(NC(=O)CSCc2ccc(C)cc2)c1. The summed E-state index contributed by atoms with van der Waals surface area (Å²) in [4.78, 5) is 12.7. The second-order valence-electron chi connectivity index (χ2n) is 7.44. The summed E-state index contributed by atoms with van der Waals surface area (Å²) in [5.41, 5.74) is 2.71. The molecule has 0 aliphatic heterocycles. The second kappa shape index (κ2) is 11.5. The van der Waals surface area contributed by atoms with E-state index in [1.54, 1.807) is 19.9 Å². The zero-order valence-electron chi connectivity index (χ0n) is 18.8. The number of hydrogen-bond donors (Lipinski definition) is 1. The predicted molar refractivity (Wildman–Crippen MR) is 128 cm³/mol. The van der Waals surface area contributed by atoms with Crippen LogP contribution in [0.1, 0.15) is 38.8 Å². The van der Waals surface area contributed by atoms with E-state index in [0.29, 0.717) is 24.5 Å². The number of ether oxygens (including phenoxy) is 1. The number of thioether (sulfide) groups is 1. The molecule has 0 heterocycles. The Labute approximate surface area is 190 Å². The topological polar surface area (TPSA) is 75.7 Å². The zero-order chi connectivity index (χ0) is 23.0. The molecule has 0 aliphatic rings. The van der Waals surface area contributed by atoms with E-state index in [1.807, 2.05) is 32.9 Å². The number of aryl methyl sites for hydroxylation is 1. The molecule has 0 fully saturated rings. The summed E-state index contributed by atoms with van der Waals surface area (Å²) < 4.78 is 32.9. The lowest BCUT2D eigenvalue weighted by Gasteiger charge is -2.20. The molecule has 6 nitrogen and oxygen atoms in total. The third-order valence-electron chi connectivity index (χ3n) is 4.55. The number of anilines is 1. The molecule has 0 spiro atoms. The van der Waals surface area contributed by atoms with Gasteiger partial charge in [-0.15, -0.1) is 11.8 Å². The van der Waals surface area contributed by atoms with E-state index >= 15 is 0 Å². The monoisotopic (exact) mass is 464 g/mol. The fourth-order valence-electron chi connectivity index (χ4n) is 2.97. The molecule has 0 aromatic heterocycles. The van der Waals surface area contributed by atoms with Crippen LogP contribution in [0.3, 0.4) is 0 Å². The average Bonchev–Trinajstić information content (AvgIpc) is 2.71. The Morgan fingerprint density at radius 1 is 1.10 bits per heavy atom. The Morgan fingerprint density at radius 3 is 2.32 bits per heavy atom. The van der Waals surface area contributed by atoms with E-state index in [0.717, 1.165) is 11.3 Å². The molecule has 0 unspecified atom stereocenters. The lowest BCUT2D eigenvalue weighted by molar-refractivity contribution is -0.113. The van der Waals surface area contributed by atoms with Crippen LogP contribution in [0.15, 0.2) is 47.4 Å². The molecule has 0 bridgehead atoms. The predicted octanol–water partition coefficient (Wildman–Crippen LogP) is 4.68. The van der Waals surface area contributed by atoms with Gasteiger partial charge >= 0.3 is 0 Å². The van der Waals surface area contributed by atoms with Crippen molar-refractivity contribution in [2.75, 3.05) is 24.2 Å². The minimum absolute atomic E-state index is 0.114. The van der Waals surface area contributed by atoms with Gasteiger partial charge < -0.3 is 10.1 Å². The van der Waals surface area contributed by atoms with Gasteiger partial charge in [0.15, 0.2) is 0 Å². The number of amides is 1. The maximum absolute atomic E-state index is 12.9. The number of rotatable bonds is 11. The van der Waals surface area contributed by atoms with Crippen molar-refractivity contribution in [2.24, 2.45) is 0 Å². The molecule has 0 aliphatic carbocycles. The fourth-order valence-corrected chi connectivity index (χ4v) is 5.24. The van der Waals surface area contributed by atoms with Crippen molar-refractivity contribution >= 4 is 33.4 Å². The standard InChI is InChI=1S/C23H32N2O4S2/c1-6-25(7-2)31(27,28)20-12-13-22(29-17(3)4)21(14-20)24-23(26)16-30-15-19-10-8-18(5)9-11-19/h8-14,17H,6-7,15-16H2,1-5H3,(H,24,26). The lowest BCUT2D eigenvalue weighted by Crippen LogP contribution is -2.30. The molecule has 2 aromatic carbocycles.